The van der Waals surface area contributed by atoms with Crippen LogP contribution in [0.15, 0.2) is 70.1 Å². The molecule has 3 heterocycles. The molecule has 0 unspecified atom stereocenters. The fraction of sp³-hybridized carbons (Fsp3) is 0.207. The molecule has 0 bridgehead atoms. The van der Waals surface area contributed by atoms with Gasteiger partial charge >= 0.3 is 0 Å². The molecule has 0 radical (unpaired) electrons. The van der Waals surface area contributed by atoms with Crippen molar-refractivity contribution in [2.45, 2.75) is 33.7 Å². The molecule has 0 spiro atoms. The van der Waals surface area contributed by atoms with Crippen molar-refractivity contribution >= 4 is 22.6 Å². The van der Waals surface area contributed by atoms with Gasteiger partial charge in [0.1, 0.15) is 23.5 Å². The molecule has 0 atom stereocenters. The van der Waals surface area contributed by atoms with Gasteiger partial charge in [0.25, 0.3) is 5.89 Å². The topological polar surface area (TPSA) is 112 Å². The molecule has 0 aliphatic carbocycles. The van der Waals surface area contributed by atoms with E-state index in [9.17, 15) is 9.59 Å². The number of benzene rings is 2. The third kappa shape index (κ3) is 4.78. The van der Waals surface area contributed by atoms with Gasteiger partial charge in [-0.15, -0.1) is 0 Å². The average molecular weight is 510 g/mol. The second-order valence-electron chi connectivity index (χ2n) is 8.99. The van der Waals surface area contributed by atoms with E-state index in [2.05, 4.69) is 20.4 Å². The van der Waals surface area contributed by atoms with Crippen molar-refractivity contribution in [3.63, 3.8) is 0 Å². The standard InChI is InChI=1S/C29H27N5O4/c1-5-19-8-6-7-17(2)25(19)31-24(35)16-34-15-23(26(36)22-14-9-18(3)30-28(22)34)29-32-27(33-38-29)20-10-12-21(37-4)13-11-20/h6-15H,5,16H2,1-4H3,(H,31,35). The van der Waals surface area contributed by atoms with Gasteiger partial charge in [-0.3, -0.25) is 9.59 Å². The predicted molar refractivity (Wildman–Crippen MR) is 145 cm³/mol. The highest BCUT2D eigenvalue weighted by Gasteiger charge is 2.20. The zero-order valence-electron chi connectivity index (χ0n) is 21.6. The van der Waals surface area contributed by atoms with Crippen molar-refractivity contribution in [2.75, 3.05) is 12.4 Å². The van der Waals surface area contributed by atoms with Crippen LogP contribution in [0, 0.1) is 13.8 Å². The van der Waals surface area contributed by atoms with Crippen molar-refractivity contribution in [3.8, 4) is 28.6 Å². The summed E-state index contributed by atoms with van der Waals surface area (Å²) in [6, 6.07) is 16.6. The number of aryl methyl sites for hydroxylation is 3. The second kappa shape index (κ2) is 10.3. The average Bonchev–Trinajstić information content (AvgIpc) is 3.41. The number of para-hydroxylation sites is 1. The molecule has 0 aliphatic rings. The smallest absolute Gasteiger partial charge is 0.263 e. The molecule has 9 heteroatoms. The highest BCUT2D eigenvalue weighted by atomic mass is 16.5. The summed E-state index contributed by atoms with van der Waals surface area (Å²) in [7, 11) is 1.59. The fourth-order valence-corrected chi connectivity index (χ4v) is 4.36. The van der Waals surface area contributed by atoms with E-state index < -0.39 is 0 Å². The second-order valence-corrected chi connectivity index (χ2v) is 8.99. The lowest BCUT2D eigenvalue weighted by molar-refractivity contribution is -0.116. The van der Waals surface area contributed by atoms with Crippen molar-refractivity contribution in [2.24, 2.45) is 0 Å². The minimum atomic E-state index is -0.304. The summed E-state index contributed by atoms with van der Waals surface area (Å²) in [6.45, 7) is 5.78. The van der Waals surface area contributed by atoms with E-state index in [1.165, 1.54) is 0 Å². The number of amides is 1. The van der Waals surface area contributed by atoms with Gasteiger partial charge in [0, 0.05) is 23.1 Å². The van der Waals surface area contributed by atoms with Crippen molar-refractivity contribution in [1.29, 1.82) is 0 Å². The first kappa shape index (κ1) is 24.9. The number of aromatic nitrogens is 4. The van der Waals surface area contributed by atoms with Gasteiger partial charge in [0.15, 0.2) is 0 Å². The summed E-state index contributed by atoms with van der Waals surface area (Å²) in [4.78, 5) is 35.7. The van der Waals surface area contributed by atoms with Gasteiger partial charge in [-0.25, -0.2) is 4.98 Å². The zero-order chi connectivity index (χ0) is 26.8. The number of hydrogen-bond donors (Lipinski definition) is 1. The highest BCUT2D eigenvalue weighted by Crippen LogP contribution is 2.25. The quantitative estimate of drug-likeness (QED) is 0.331. The third-order valence-electron chi connectivity index (χ3n) is 6.38. The number of nitrogens with zero attached hydrogens (tertiary/aromatic N) is 4. The van der Waals surface area contributed by atoms with E-state index in [-0.39, 0.29) is 29.3 Å². The number of methoxy groups -OCH3 is 1. The number of nitrogens with one attached hydrogen (secondary N) is 1. The molecule has 0 fully saturated rings. The van der Waals surface area contributed by atoms with Gasteiger partial charge in [-0.2, -0.15) is 4.98 Å². The lowest BCUT2D eigenvalue weighted by Gasteiger charge is -2.15. The minimum absolute atomic E-state index is 0.0583. The number of anilines is 1. The molecule has 5 aromatic rings. The van der Waals surface area contributed by atoms with Crippen LogP contribution in [0.4, 0.5) is 5.69 Å². The van der Waals surface area contributed by atoms with Crippen LogP contribution in [0.3, 0.4) is 0 Å². The maximum atomic E-state index is 13.4. The summed E-state index contributed by atoms with van der Waals surface area (Å²) in [5.74, 6) is 0.857. The number of hydrogen-bond acceptors (Lipinski definition) is 7. The zero-order valence-corrected chi connectivity index (χ0v) is 21.6. The lowest BCUT2D eigenvalue weighted by Crippen LogP contribution is -2.23. The molecule has 0 saturated carbocycles. The van der Waals surface area contributed by atoms with E-state index in [0.29, 0.717) is 28.2 Å². The molecular weight excluding hydrogens is 482 g/mol. The Balaban J connectivity index is 1.54. The van der Waals surface area contributed by atoms with Crippen LogP contribution in [0.25, 0.3) is 33.9 Å². The van der Waals surface area contributed by atoms with E-state index in [0.717, 1.165) is 28.9 Å². The first-order valence-corrected chi connectivity index (χ1v) is 12.3. The lowest BCUT2D eigenvalue weighted by atomic mass is 10.1. The van der Waals surface area contributed by atoms with Crippen LogP contribution in [0.1, 0.15) is 23.7 Å². The van der Waals surface area contributed by atoms with Crippen LogP contribution in [-0.4, -0.2) is 32.7 Å². The molecular formula is C29H27N5O4. The number of ether oxygens (including phenoxy) is 1. The summed E-state index contributed by atoms with van der Waals surface area (Å²) in [6.07, 6.45) is 2.34. The molecule has 0 aliphatic heterocycles. The van der Waals surface area contributed by atoms with Gasteiger partial charge in [-0.05, 0) is 67.8 Å². The Morgan fingerprint density at radius 2 is 1.84 bits per heavy atom. The summed E-state index contributed by atoms with van der Waals surface area (Å²) in [5, 5.41) is 7.45. The van der Waals surface area contributed by atoms with Crippen molar-refractivity contribution in [3.05, 3.63) is 87.8 Å². The van der Waals surface area contributed by atoms with E-state index in [4.69, 9.17) is 9.26 Å². The number of pyridine rings is 2. The Morgan fingerprint density at radius 3 is 2.58 bits per heavy atom. The minimum Gasteiger partial charge on any atom is -0.497 e. The maximum Gasteiger partial charge on any atom is 0.263 e. The van der Waals surface area contributed by atoms with Gasteiger partial charge in [-0.1, -0.05) is 30.3 Å². The van der Waals surface area contributed by atoms with Crippen LogP contribution >= 0.6 is 0 Å². The monoisotopic (exact) mass is 509 g/mol. The molecule has 38 heavy (non-hydrogen) atoms. The number of rotatable bonds is 7. The molecule has 192 valence electrons. The first-order chi connectivity index (χ1) is 18.4. The molecule has 0 saturated heterocycles. The number of fused-ring (bicyclic) bond motifs is 1. The number of carbonyl (C=O) groups is 1. The van der Waals surface area contributed by atoms with Crippen LogP contribution in [-0.2, 0) is 17.8 Å². The van der Waals surface area contributed by atoms with Gasteiger partial charge in [0.2, 0.25) is 17.2 Å². The van der Waals surface area contributed by atoms with Crippen molar-refractivity contribution in [1.82, 2.24) is 19.7 Å². The molecule has 9 nitrogen and oxygen atoms in total. The van der Waals surface area contributed by atoms with E-state index >= 15 is 0 Å². The molecule has 1 amide bonds. The Kier molecular flexibility index (Phi) is 6.74. The molecule has 2 aromatic carbocycles. The highest BCUT2D eigenvalue weighted by molar-refractivity contribution is 5.93. The SMILES string of the molecule is CCc1cccc(C)c1NC(=O)Cn1cc(-c2nc(-c3ccc(OC)cc3)no2)c(=O)c2ccc(C)nc21. The fourth-order valence-electron chi connectivity index (χ4n) is 4.36. The van der Waals surface area contributed by atoms with Gasteiger partial charge in [0.05, 0.1) is 12.5 Å². The third-order valence-corrected chi connectivity index (χ3v) is 6.38. The van der Waals surface area contributed by atoms with Crippen molar-refractivity contribution < 1.29 is 14.1 Å². The number of carbonyl (C=O) groups excluding carboxylic acids is 1. The Morgan fingerprint density at radius 1 is 1.05 bits per heavy atom. The van der Waals surface area contributed by atoms with Crippen LogP contribution < -0.4 is 15.5 Å². The Hall–Kier alpha value is -4.79. The molecule has 3 aromatic heterocycles. The Bertz CT molecular complexity index is 1700. The Labute approximate surface area is 219 Å². The molecule has 1 N–H and O–H groups in total. The van der Waals surface area contributed by atoms with Gasteiger partial charge < -0.3 is 19.1 Å². The van der Waals surface area contributed by atoms with E-state index in [1.807, 2.05) is 39.0 Å². The first-order valence-electron chi connectivity index (χ1n) is 12.3. The summed E-state index contributed by atoms with van der Waals surface area (Å²) in [5.41, 5.74) is 4.56. The predicted octanol–water partition coefficient (Wildman–Crippen LogP) is 4.94. The molecule has 5 rings (SSSR count). The summed E-state index contributed by atoms with van der Waals surface area (Å²) < 4.78 is 12.3. The maximum absolute atomic E-state index is 13.4. The van der Waals surface area contributed by atoms with Crippen LogP contribution in [0.2, 0.25) is 0 Å². The normalized spacial score (nSPS) is 11.1. The summed E-state index contributed by atoms with van der Waals surface area (Å²) >= 11 is 0. The van der Waals surface area contributed by atoms with Crippen LogP contribution in [0.5, 0.6) is 5.75 Å². The van der Waals surface area contributed by atoms with E-state index in [1.54, 1.807) is 54.3 Å². The largest absolute Gasteiger partial charge is 0.497 e.